The van der Waals surface area contributed by atoms with E-state index in [-0.39, 0.29) is 23.1 Å². The van der Waals surface area contributed by atoms with Crippen LogP contribution in [0.2, 0.25) is 0 Å². The molecule has 2 heterocycles. The molecule has 0 saturated carbocycles. The molecule has 1 aliphatic rings. The van der Waals surface area contributed by atoms with Gasteiger partial charge in [0.15, 0.2) is 9.84 Å². The quantitative estimate of drug-likeness (QED) is 0.791. The van der Waals surface area contributed by atoms with Crippen LogP contribution in [0.1, 0.15) is 6.42 Å². The molecule has 0 bridgehead atoms. The predicted molar refractivity (Wildman–Crippen MR) is 62.4 cm³/mol. The van der Waals surface area contributed by atoms with Crippen molar-refractivity contribution in [3.8, 4) is 0 Å². The molecule has 0 aliphatic carbocycles. The zero-order valence-corrected chi connectivity index (χ0v) is 9.83. The van der Waals surface area contributed by atoms with Crippen molar-refractivity contribution in [2.45, 2.75) is 12.5 Å². The molecule has 1 aromatic heterocycles. The third-order valence-corrected chi connectivity index (χ3v) is 4.46. The maximum atomic E-state index is 11.3. The lowest BCUT2D eigenvalue weighted by atomic mass is 10.2. The number of nitrogens with zero attached hydrogens (tertiary/aromatic N) is 1. The zero-order chi connectivity index (χ0) is 11.8. The summed E-state index contributed by atoms with van der Waals surface area (Å²) < 4.78 is 24.0. The SMILES string of the molecule is Cn1cc(NC2CCS(=O)(=O)C2)ccc1=O. The summed E-state index contributed by atoms with van der Waals surface area (Å²) in [7, 11) is -1.20. The van der Waals surface area contributed by atoms with Crippen molar-refractivity contribution in [3.05, 3.63) is 28.7 Å². The van der Waals surface area contributed by atoms with Gasteiger partial charge in [-0.25, -0.2) is 8.42 Å². The average Bonchev–Trinajstić information content (AvgIpc) is 2.52. The van der Waals surface area contributed by atoms with E-state index in [0.717, 1.165) is 5.69 Å². The Morgan fingerprint density at radius 2 is 2.19 bits per heavy atom. The molecule has 0 amide bonds. The number of pyridine rings is 1. The molecule has 1 aliphatic heterocycles. The summed E-state index contributed by atoms with van der Waals surface area (Å²) in [6.07, 6.45) is 2.30. The standard InChI is InChI=1S/C10H14N2O3S/c1-12-6-8(2-3-10(12)13)11-9-4-5-16(14,15)7-9/h2-3,6,9,11H,4-5,7H2,1H3. The average molecular weight is 242 g/mol. The first-order chi connectivity index (χ1) is 7.46. The fraction of sp³-hybridized carbons (Fsp3) is 0.500. The van der Waals surface area contributed by atoms with Crippen molar-refractivity contribution in [1.29, 1.82) is 0 Å². The van der Waals surface area contributed by atoms with Crippen molar-refractivity contribution in [2.75, 3.05) is 16.8 Å². The van der Waals surface area contributed by atoms with Crippen LogP contribution in [0.15, 0.2) is 23.1 Å². The van der Waals surface area contributed by atoms with E-state index in [4.69, 9.17) is 0 Å². The molecule has 1 aromatic rings. The minimum Gasteiger partial charge on any atom is -0.380 e. The van der Waals surface area contributed by atoms with Crippen LogP contribution in [-0.2, 0) is 16.9 Å². The van der Waals surface area contributed by atoms with Gasteiger partial charge >= 0.3 is 0 Å². The number of aromatic nitrogens is 1. The monoisotopic (exact) mass is 242 g/mol. The number of rotatable bonds is 2. The van der Waals surface area contributed by atoms with E-state index >= 15 is 0 Å². The van der Waals surface area contributed by atoms with Crippen molar-refractivity contribution in [1.82, 2.24) is 4.57 Å². The van der Waals surface area contributed by atoms with Gasteiger partial charge in [-0.1, -0.05) is 0 Å². The number of aryl methyl sites for hydroxylation is 1. The topological polar surface area (TPSA) is 68.2 Å². The summed E-state index contributed by atoms with van der Waals surface area (Å²) in [4.78, 5) is 11.2. The molecule has 1 N–H and O–H groups in total. The third-order valence-electron chi connectivity index (χ3n) is 2.69. The highest BCUT2D eigenvalue weighted by atomic mass is 32.2. The summed E-state index contributed by atoms with van der Waals surface area (Å²) in [5, 5.41) is 3.13. The van der Waals surface area contributed by atoms with Crippen molar-refractivity contribution >= 4 is 15.5 Å². The first-order valence-corrected chi connectivity index (χ1v) is 6.92. The van der Waals surface area contributed by atoms with Crippen LogP contribution in [0.3, 0.4) is 0 Å². The highest BCUT2D eigenvalue weighted by molar-refractivity contribution is 7.91. The lowest BCUT2D eigenvalue weighted by Gasteiger charge is -2.12. The van der Waals surface area contributed by atoms with Gasteiger partial charge in [0.05, 0.1) is 17.2 Å². The lowest BCUT2D eigenvalue weighted by Crippen LogP contribution is -2.22. The van der Waals surface area contributed by atoms with Gasteiger partial charge in [0, 0.05) is 25.4 Å². The van der Waals surface area contributed by atoms with Gasteiger partial charge in [-0.15, -0.1) is 0 Å². The van der Waals surface area contributed by atoms with Gasteiger partial charge in [-0.3, -0.25) is 4.79 Å². The molecule has 16 heavy (non-hydrogen) atoms. The number of nitrogens with one attached hydrogen (secondary N) is 1. The summed E-state index contributed by atoms with van der Waals surface area (Å²) in [6.45, 7) is 0. The van der Waals surface area contributed by atoms with Crippen molar-refractivity contribution in [2.24, 2.45) is 7.05 Å². The molecule has 5 nitrogen and oxygen atoms in total. The number of hydrogen-bond acceptors (Lipinski definition) is 4. The maximum Gasteiger partial charge on any atom is 0.250 e. The Kier molecular flexibility index (Phi) is 2.75. The van der Waals surface area contributed by atoms with Crippen molar-refractivity contribution < 1.29 is 8.42 Å². The van der Waals surface area contributed by atoms with Crippen LogP contribution in [-0.4, -0.2) is 30.5 Å². The Balaban J connectivity index is 2.11. The number of anilines is 1. The van der Waals surface area contributed by atoms with E-state index in [1.54, 1.807) is 19.3 Å². The van der Waals surface area contributed by atoms with E-state index in [1.807, 2.05) is 0 Å². The van der Waals surface area contributed by atoms with Crippen LogP contribution < -0.4 is 10.9 Å². The Morgan fingerprint density at radius 3 is 2.75 bits per heavy atom. The van der Waals surface area contributed by atoms with Crippen LogP contribution in [0.25, 0.3) is 0 Å². The number of hydrogen-bond donors (Lipinski definition) is 1. The van der Waals surface area contributed by atoms with Crippen LogP contribution >= 0.6 is 0 Å². The molecule has 1 unspecified atom stereocenters. The molecule has 6 heteroatoms. The first kappa shape index (κ1) is 11.2. The Hall–Kier alpha value is -1.30. The van der Waals surface area contributed by atoms with Gasteiger partial charge in [-0.05, 0) is 12.5 Å². The second-order valence-electron chi connectivity index (χ2n) is 4.11. The molecular weight excluding hydrogens is 228 g/mol. The molecule has 0 aromatic carbocycles. The summed E-state index contributed by atoms with van der Waals surface area (Å²) in [6, 6.07) is 3.10. The summed E-state index contributed by atoms with van der Waals surface area (Å²) >= 11 is 0. The molecule has 0 radical (unpaired) electrons. The third kappa shape index (κ3) is 2.44. The van der Waals surface area contributed by atoms with Crippen molar-refractivity contribution in [3.63, 3.8) is 0 Å². The van der Waals surface area contributed by atoms with E-state index in [9.17, 15) is 13.2 Å². The Morgan fingerprint density at radius 1 is 1.44 bits per heavy atom. The van der Waals surface area contributed by atoms with Gasteiger partial charge in [0.25, 0.3) is 0 Å². The lowest BCUT2D eigenvalue weighted by molar-refractivity contribution is 0.602. The predicted octanol–water partition coefficient (Wildman–Crippen LogP) is -0.0157. The molecule has 0 spiro atoms. The summed E-state index contributed by atoms with van der Waals surface area (Å²) in [5.41, 5.74) is 0.703. The minimum absolute atomic E-state index is 0.0393. The van der Waals surface area contributed by atoms with Crippen LogP contribution in [0.5, 0.6) is 0 Å². The second-order valence-corrected chi connectivity index (χ2v) is 6.34. The van der Waals surface area contributed by atoms with E-state index in [0.29, 0.717) is 6.42 Å². The Bertz CT molecular complexity index is 547. The van der Waals surface area contributed by atoms with Gasteiger partial charge in [0.1, 0.15) is 0 Å². The highest BCUT2D eigenvalue weighted by Crippen LogP contribution is 2.16. The zero-order valence-electron chi connectivity index (χ0n) is 9.01. The van der Waals surface area contributed by atoms with E-state index in [1.165, 1.54) is 10.6 Å². The highest BCUT2D eigenvalue weighted by Gasteiger charge is 2.27. The first-order valence-electron chi connectivity index (χ1n) is 5.10. The van der Waals surface area contributed by atoms with E-state index < -0.39 is 9.84 Å². The molecule has 1 saturated heterocycles. The molecule has 2 rings (SSSR count). The number of sulfone groups is 1. The largest absolute Gasteiger partial charge is 0.380 e. The molecular formula is C10H14N2O3S. The molecule has 1 fully saturated rings. The molecule has 1 atom stereocenters. The normalized spacial score (nSPS) is 23.2. The fourth-order valence-electron chi connectivity index (χ4n) is 1.82. The Labute approximate surface area is 94.0 Å². The second kappa shape index (κ2) is 3.93. The smallest absolute Gasteiger partial charge is 0.250 e. The van der Waals surface area contributed by atoms with Crippen LogP contribution in [0, 0.1) is 0 Å². The van der Waals surface area contributed by atoms with Gasteiger partial charge in [0.2, 0.25) is 5.56 Å². The van der Waals surface area contributed by atoms with Crippen LogP contribution in [0.4, 0.5) is 5.69 Å². The maximum absolute atomic E-state index is 11.3. The van der Waals surface area contributed by atoms with E-state index in [2.05, 4.69) is 5.32 Å². The fourth-order valence-corrected chi connectivity index (χ4v) is 3.50. The van der Waals surface area contributed by atoms with Gasteiger partial charge in [-0.2, -0.15) is 0 Å². The minimum atomic E-state index is -2.86. The van der Waals surface area contributed by atoms with Gasteiger partial charge < -0.3 is 9.88 Å². The summed E-state index contributed by atoms with van der Waals surface area (Å²) in [5.74, 6) is 0.423. The molecule has 88 valence electrons.